The maximum atomic E-state index is 14.3. The third kappa shape index (κ3) is 7.02. The Labute approximate surface area is 291 Å². The van der Waals surface area contributed by atoms with E-state index in [1.54, 1.807) is 7.05 Å². The number of carbonyl (C=O) groups is 1. The largest absolute Gasteiger partial charge is 0.456 e. The lowest BCUT2D eigenvalue weighted by atomic mass is 9.93. The van der Waals surface area contributed by atoms with Crippen molar-refractivity contribution in [3.05, 3.63) is 120 Å². The summed E-state index contributed by atoms with van der Waals surface area (Å²) in [4.78, 5) is 15.2. The van der Waals surface area contributed by atoms with E-state index in [1.165, 1.54) is 5.70 Å². The third-order valence-corrected chi connectivity index (χ3v) is 11.1. The standard InChI is InChI=1S/C41H44N4O3S/c1-6-8-14-30(7-2)43(4)32-19-21-34-37(27-32)48-38-28-33(44(5)31-15-10-9-11-16-31)20-22-35(38)40(34)36-17-12-13-18-39(36)49(47)45-25-23-29(24-26-45)41(46)42-3/h6,8-22,27-29H,7,23-26H2,1-5H3/p+1/b8-6-,30-14+. The fraction of sp³-hybridized carbons (Fsp3) is 0.268. The number of allylic oxidation sites excluding steroid dienone is 4. The number of anilines is 1. The number of nitrogens with one attached hydrogen (secondary N) is 1. The first-order valence-corrected chi connectivity index (χ1v) is 18.1. The Balaban J connectivity index is 1.53. The first-order chi connectivity index (χ1) is 23.8. The van der Waals surface area contributed by atoms with Crippen LogP contribution in [-0.2, 0) is 15.8 Å². The smallest absolute Gasteiger partial charge is 0.222 e. The lowest BCUT2D eigenvalue weighted by molar-refractivity contribution is -0.125. The Hall–Kier alpha value is -4.79. The molecule has 3 aliphatic rings. The summed E-state index contributed by atoms with van der Waals surface area (Å²) in [5.41, 5.74) is 6.88. The van der Waals surface area contributed by atoms with Gasteiger partial charge in [0.05, 0.1) is 11.0 Å². The van der Waals surface area contributed by atoms with Crippen molar-refractivity contribution in [2.75, 3.05) is 39.1 Å². The minimum atomic E-state index is -1.42. The number of piperidine rings is 1. The molecule has 1 atom stereocenters. The molecule has 1 N–H and O–H groups in total. The molecule has 1 saturated heterocycles. The Morgan fingerprint density at radius 1 is 1.00 bits per heavy atom. The quantitative estimate of drug-likeness (QED) is 0.0989. The molecule has 1 unspecified atom stereocenters. The molecule has 2 aliphatic heterocycles. The number of hydrogen-bond donors (Lipinski definition) is 1. The zero-order valence-corrected chi connectivity index (χ0v) is 29.8. The lowest BCUT2D eigenvalue weighted by Crippen LogP contribution is -2.40. The molecule has 1 amide bonds. The summed E-state index contributed by atoms with van der Waals surface area (Å²) < 4.78 is 25.3. The van der Waals surface area contributed by atoms with Crippen molar-refractivity contribution in [1.29, 1.82) is 0 Å². The van der Waals surface area contributed by atoms with E-state index in [9.17, 15) is 9.00 Å². The second-order valence-corrected chi connectivity index (χ2v) is 13.8. The molecule has 3 aromatic rings. The minimum Gasteiger partial charge on any atom is -0.456 e. The van der Waals surface area contributed by atoms with Crippen LogP contribution < -0.4 is 20.1 Å². The van der Waals surface area contributed by atoms with Gasteiger partial charge in [0.2, 0.25) is 17.0 Å². The van der Waals surface area contributed by atoms with Gasteiger partial charge in [-0.1, -0.05) is 55.5 Å². The molecule has 0 aromatic heterocycles. The van der Waals surface area contributed by atoms with Crippen LogP contribution in [0.3, 0.4) is 0 Å². The average molecular weight is 674 g/mol. The number of amides is 1. The minimum absolute atomic E-state index is 0.0475. The fourth-order valence-corrected chi connectivity index (χ4v) is 8.04. The lowest BCUT2D eigenvalue weighted by Gasteiger charge is -2.30. The van der Waals surface area contributed by atoms with Crippen molar-refractivity contribution >= 4 is 39.2 Å². The molecule has 252 valence electrons. The Bertz CT molecular complexity index is 2090. The molecule has 7 nitrogen and oxygen atoms in total. The zero-order valence-electron chi connectivity index (χ0n) is 29.0. The molecule has 49 heavy (non-hydrogen) atoms. The van der Waals surface area contributed by atoms with Crippen LogP contribution in [0.15, 0.2) is 124 Å². The molecule has 3 aromatic carbocycles. The van der Waals surface area contributed by atoms with Crippen LogP contribution in [0.25, 0.3) is 33.4 Å². The predicted molar refractivity (Wildman–Crippen MR) is 202 cm³/mol. The first kappa shape index (κ1) is 34.1. The molecule has 0 spiro atoms. The summed E-state index contributed by atoms with van der Waals surface area (Å²) in [5, 5.41) is 4.72. The van der Waals surface area contributed by atoms with Gasteiger partial charge < -0.3 is 14.6 Å². The van der Waals surface area contributed by atoms with Crippen molar-refractivity contribution in [3.8, 4) is 22.5 Å². The van der Waals surface area contributed by atoms with Gasteiger partial charge in [0.1, 0.15) is 29.4 Å². The number of carbonyl (C=O) groups excluding carboxylic acids is 1. The Kier molecular flexibility index (Phi) is 10.6. The number of nitrogens with zero attached hydrogens (tertiary/aromatic N) is 3. The van der Waals surface area contributed by atoms with Crippen LogP contribution >= 0.6 is 0 Å². The van der Waals surface area contributed by atoms with E-state index in [2.05, 4.69) is 103 Å². The van der Waals surface area contributed by atoms with Gasteiger partial charge in [-0.25, -0.2) is 8.51 Å². The van der Waals surface area contributed by atoms with Gasteiger partial charge in [-0.05, 0) is 56.5 Å². The maximum Gasteiger partial charge on any atom is 0.222 e. The second-order valence-electron chi connectivity index (χ2n) is 12.4. The van der Waals surface area contributed by atoms with Gasteiger partial charge in [0.15, 0.2) is 0 Å². The summed E-state index contributed by atoms with van der Waals surface area (Å²) >= 11 is 0. The molecule has 2 heterocycles. The molecule has 0 bridgehead atoms. The fourth-order valence-electron chi connectivity index (χ4n) is 6.67. The number of hydrogen-bond acceptors (Lipinski definition) is 4. The summed E-state index contributed by atoms with van der Waals surface area (Å²) in [6.45, 7) is 5.37. The number of para-hydroxylation sites is 1. The molecule has 6 rings (SSSR count). The molecule has 8 heteroatoms. The molecule has 0 saturated carbocycles. The van der Waals surface area contributed by atoms with E-state index in [0.29, 0.717) is 25.9 Å². The van der Waals surface area contributed by atoms with Crippen LogP contribution in [0.5, 0.6) is 0 Å². The van der Waals surface area contributed by atoms with Crippen molar-refractivity contribution in [3.63, 3.8) is 0 Å². The number of benzene rings is 4. The normalized spacial score (nSPS) is 15.9. The molecular formula is C41H45N4O3S+. The average Bonchev–Trinajstić information content (AvgIpc) is 3.16. The second kappa shape index (κ2) is 15.2. The van der Waals surface area contributed by atoms with E-state index in [-0.39, 0.29) is 11.8 Å². The van der Waals surface area contributed by atoms with Gasteiger partial charge in [-0.3, -0.25) is 4.79 Å². The van der Waals surface area contributed by atoms with Crippen molar-refractivity contribution in [1.82, 2.24) is 14.2 Å². The number of fused-ring (bicyclic) bond motifs is 2. The summed E-state index contributed by atoms with van der Waals surface area (Å²) in [6.07, 6.45) is 8.48. The van der Waals surface area contributed by atoms with E-state index in [0.717, 1.165) is 61.5 Å². The first-order valence-electron chi connectivity index (χ1n) is 17.0. The topological polar surface area (TPSA) is 68.8 Å². The van der Waals surface area contributed by atoms with Crippen LogP contribution in [0, 0.1) is 5.92 Å². The van der Waals surface area contributed by atoms with Crippen LogP contribution in [-0.4, -0.2) is 48.7 Å². The van der Waals surface area contributed by atoms with E-state index in [1.807, 2.05) is 53.7 Å². The van der Waals surface area contributed by atoms with Gasteiger partial charge in [-0.15, -0.1) is 0 Å². The molecular weight excluding hydrogens is 629 g/mol. The zero-order chi connectivity index (χ0) is 34.5. The van der Waals surface area contributed by atoms with Crippen molar-refractivity contribution in [2.24, 2.45) is 5.92 Å². The summed E-state index contributed by atoms with van der Waals surface area (Å²) in [6, 6.07) is 31.0. The van der Waals surface area contributed by atoms with Gasteiger partial charge in [-0.2, -0.15) is 4.58 Å². The highest BCUT2D eigenvalue weighted by Gasteiger charge is 2.29. The van der Waals surface area contributed by atoms with Crippen molar-refractivity contribution in [2.45, 2.75) is 38.0 Å². The molecule has 1 fully saturated rings. The number of rotatable bonds is 9. The van der Waals surface area contributed by atoms with E-state index < -0.39 is 11.0 Å². The van der Waals surface area contributed by atoms with Gasteiger partial charge >= 0.3 is 0 Å². The van der Waals surface area contributed by atoms with Crippen LogP contribution in [0.2, 0.25) is 0 Å². The highest BCUT2D eigenvalue weighted by atomic mass is 32.2. The molecule has 0 radical (unpaired) electrons. The highest BCUT2D eigenvalue weighted by molar-refractivity contribution is 7.82. The SMILES string of the molecule is C/C=C\C=C(/CC)N(C)c1ccc2c(-c3ccccc3S(=O)N3CCC(C(=O)NC)CC3)c3ccc(=[N+](C)c4ccccc4)cc-3oc2c1. The molecule has 1 aliphatic carbocycles. The van der Waals surface area contributed by atoms with Gasteiger partial charge in [0, 0.05) is 90.8 Å². The van der Waals surface area contributed by atoms with Crippen molar-refractivity contribution < 1.29 is 13.4 Å². The third-order valence-electron chi connectivity index (χ3n) is 9.53. The summed E-state index contributed by atoms with van der Waals surface area (Å²) in [5.74, 6) is 0.755. The van der Waals surface area contributed by atoms with E-state index in [4.69, 9.17) is 4.42 Å². The predicted octanol–water partition coefficient (Wildman–Crippen LogP) is 7.73. The Morgan fingerprint density at radius 3 is 2.45 bits per heavy atom. The maximum absolute atomic E-state index is 14.3. The summed E-state index contributed by atoms with van der Waals surface area (Å²) in [7, 11) is 4.40. The van der Waals surface area contributed by atoms with Gasteiger partial charge in [0.25, 0.3) is 0 Å². The monoisotopic (exact) mass is 673 g/mol. The Morgan fingerprint density at radius 2 is 1.73 bits per heavy atom. The van der Waals surface area contributed by atoms with Crippen LogP contribution in [0.1, 0.15) is 33.1 Å². The van der Waals surface area contributed by atoms with Crippen LogP contribution in [0.4, 0.5) is 11.4 Å². The van der Waals surface area contributed by atoms with E-state index >= 15 is 0 Å². The highest BCUT2D eigenvalue weighted by Crippen LogP contribution is 2.43.